The minimum Gasteiger partial charge on any atom is -0.352 e. The lowest BCUT2D eigenvalue weighted by molar-refractivity contribution is -0.140. The molecule has 0 bridgehead atoms. The number of aryl methyl sites for hydroxylation is 1. The van der Waals surface area contributed by atoms with Crippen molar-refractivity contribution in [2.75, 3.05) is 17.1 Å². The monoisotopic (exact) mass is 569 g/mol. The number of anilines is 1. The third-order valence-corrected chi connectivity index (χ3v) is 7.90. The summed E-state index contributed by atoms with van der Waals surface area (Å²) >= 11 is 6.09. The van der Waals surface area contributed by atoms with E-state index in [4.69, 9.17) is 11.6 Å². The number of carbonyl (C=O) groups is 2. The number of carbonyl (C=O) groups excluding carboxylic acids is 2. The Bertz CT molecular complexity index is 1360. The fraction of sp³-hybridized carbons (Fsp3) is 0.333. The van der Waals surface area contributed by atoms with E-state index in [-0.39, 0.29) is 24.9 Å². The zero-order valence-electron chi connectivity index (χ0n) is 22.8. The van der Waals surface area contributed by atoms with E-state index < -0.39 is 28.5 Å². The summed E-state index contributed by atoms with van der Waals surface area (Å²) in [7, 11) is -3.80. The lowest BCUT2D eigenvalue weighted by Gasteiger charge is -2.34. The van der Waals surface area contributed by atoms with E-state index in [1.165, 1.54) is 4.90 Å². The van der Waals surface area contributed by atoms with Crippen LogP contribution in [0.3, 0.4) is 0 Å². The molecule has 208 valence electrons. The van der Waals surface area contributed by atoms with Gasteiger partial charge in [-0.15, -0.1) is 0 Å². The fourth-order valence-corrected chi connectivity index (χ4v) is 5.15. The predicted molar refractivity (Wildman–Crippen MR) is 157 cm³/mol. The summed E-state index contributed by atoms with van der Waals surface area (Å²) in [4.78, 5) is 29.2. The molecule has 2 amide bonds. The predicted octanol–water partition coefficient (Wildman–Crippen LogP) is 4.97. The summed E-state index contributed by atoms with van der Waals surface area (Å²) in [6, 6.07) is 22.5. The highest BCUT2D eigenvalue weighted by atomic mass is 35.5. The van der Waals surface area contributed by atoms with Gasteiger partial charge in [0.05, 0.1) is 11.9 Å². The lowest BCUT2D eigenvalue weighted by atomic mass is 10.0. The van der Waals surface area contributed by atoms with Crippen molar-refractivity contribution in [3.8, 4) is 0 Å². The van der Waals surface area contributed by atoms with Crippen molar-refractivity contribution in [2.45, 2.75) is 52.2 Å². The van der Waals surface area contributed by atoms with Crippen molar-refractivity contribution in [2.24, 2.45) is 0 Å². The molecule has 0 fully saturated rings. The highest BCUT2D eigenvalue weighted by Crippen LogP contribution is 2.22. The van der Waals surface area contributed by atoms with Gasteiger partial charge in [-0.3, -0.25) is 13.9 Å². The highest BCUT2D eigenvalue weighted by molar-refractivity contribution is 7.92. The van der Waals surface area contributed by atoms with E-state index in [1.807, 2.05) is 57.2 Å². The summed E-state index contributed by atoms with van der Waals surface area (Å²) < 4.78 is 26.8. The Morgan fingerprint density at radius 3 is 2.21 bits per heavy atom. The maximum absolute atomic E-state index is 14.0. The number of benzene rings is 3. The van der Waals surface area contributed by atoms with Gasteiger partial charge in [0.2, 0.25) is 21.8 Å². The molecule has 2 atom stereocenters. The normalized spacial score (nSPS) is 12.8. The van der Waals surface area contributed by atoms with Gasteiger partial charge < -0.3 is 10.2 Å². The Morgan fingerprint density at radius 1 is 0.949 bits per heavy atom. The van der Waals surface area contributed by atoms with Gasteiger partial charge in [-0.2, -0.15) is 0 Å². The molecule has 0 unspecified atom stereocenters. The number of hydrogen-bond acceptors (Lipinski definition) is 4. The third-order valence-electron chi connectivity index (χ3n) is 6.51. The van der Waals surface area contributed by atoms with E-state index in [0.717, 1.165) is 33.7 Å². The Kier molecular flexibility index (Phi) is 10.5. The fourth-order valence-electron chi connectivity index (χ4n) is 4.18. The van der Waals surface area contributed by atoms with Crippen molar-refractivity contribution < 1.29 is 18.0 Å². The summed E-state index contributed by atoms with van der Waals surface area (Å²) in [5.74, 6) is -0.783. The Morgan fingerprint density at radius 2 is 1.62 bits per heavy atom. The van der Waals surface area contributed by atoms with Gasteiger partial charge >= 0.3 is 0 Å². The average Bonchev–Trinajstić information content (AvgIpc) is 2.90. The number of sulfonamides is 1. The first-order valence-corrected chi connectivity index (χ1v) is 15.1. The molecule has 0 saturated carbocycles. The van der Waals surface area contributed by atoms with Crippen LogP contribution < -0.4 is 9.62 Å². The van der Waals surface area contributed by atoms with Crippen LogP contribution in [0.2, 0.25) is 5.02 Å². The van der Waals surface area contributed by atoms with Crippen molar-refractivity contribution in [3.63, 3.8) is 0 Å². The largest absolute Gasteiger partial charge is 0.352 e. The minimum atomic E-state index is -3.80. The molecule has 0 aliphatic heterocycles. The smallest absolute Gasteiger partial charge is 0.244 e. The van der Waals surface area contributed by atoms with Gasteiger partial charge in [0.25, 0.3) is 0 Å². The van der Waals surface area contributed by atoms with Crippen LogP contribution in [0.5, 0.6) is 0 Å². The van der Waals surface area contributed by atoms with Crippen LogP contribution in [0.1, 0.15) is 37.0 Å². The molecule has 1 N–H and O–H groups in total. The number of amides is 2. The first kappa shape index (κ1) is 30.2. The van der Waals surface area contributed by atoms with Gasteiger partial charge in [-0.25, -0.2) is 8.42 Å². The minimum absolute atomic E-state index is 0.0944. The van der Waals surface area contributed by atoms with Crippen LogP contribution >= 0.6 is 11.6 Å². The zero-order valence-corrected chi connectivity index (χ0v) is 24.4. The highest BCUT2D eigenvalue weighted by Gasteiger charge is 2.33. The van der Waals surface area contributed by atoms with Crippen molar-refractivity contribution in [1.82, 2.24) is 10.2 Å². The number of halogens is 1. The summed E-state index contributed by atoms with van der Waals surface area (Å²) in [5.41, 5.74) is 2.90. The molecule has 3 aromatic carbocycles. The van der Waals surface area contributed by atoms with E-state index in [1.54, 1.807) is 42.5 Å². The second-order valence-electron chi connectivity index (χ2n) is 9.78. The van der Waals surface area contributed by atoms with Gasteiger partial charge in [-0.05, 0) is 61.2 Å². The van der Waals surface area contributed by atoms with Crippen molar-refractivity contribution in [3.05, 3.63) is 101 Å². The van der Waals surface area contributed by atoms with Crippen LogP contribution in [0.4, 0.5) is 5.69 Å². The Labute approximate surface area is 236 Å². The maximum Gasteiger partial charge on any atom is 0.244 e. The molecule has 0 aliphatic rings. The topological polar surface area (TPSA) is 86.8 Å². The third kappa shape index (κ3) is 8.83. The molecule has 0 aromatic heterocycles. The number of nitrogens with one attached hydrogen (secondary N) is 1. The first-order chi connectivity index (χ1) is 18.5. The van der Waals surface area contributed by atoms with E-state index in [0.29, 0.717) is 10.7 Å². The van der Waals surface area contributed by atoms with E-state index >= 15 is 0 Å². The van der Waals surface area contributed by atoms with Gasteiger partial charge in [0, 0.05) is 24.0 Å². The van der Waals surface area contributed by atoms with Crippen molar-refractivity contribution >= 4 is 39.1 Å². The molecule has 9 heteroatoms. The lowest BCUT2D eigenvalue weighted by Crippen LogP contribution is -2.54. The standard InChI is InChI=1S/C30H36ClN3O4S/c1-5-23(3)32-30(36)28(19-24-11-7-6-8-12-24)33(20-25-14-16-26(31)17-15-25)29(35)21-34(39(4,37)38)27-13-9-10-22(2)18-27/h6-18,23,28H,5,19-21H2,1-4H3,(H,32,36)/t23-,28+/m0/s1. The molecule has 0 aliphatic carbocycles. The second-order valence-corrected chi connectivity index (χ2v) is 12.1. The maximum atomic E-state index is 14.0. The summed E-state index contributed by atoms with van der Waals surface area (Å²) in [5, 5.41) is 3.57. The number of nitrogens with zero attached hydrogens (tertiary/aromatic N) is 2. The van der Waals surface area contributed by atoms with Crippen LogP contribution in [0.15, 0.2) is 78.9 Å². The molecule has 0 radical (unpaired) electrons. The van der Waals surface area contributed by atoms with Gasteiger partial charge in [0.1, 0.15) is 12.6 Å². The quantitative estimate of drug-likeness (QED) is 0.334. The van der Waals surface area contributed by atoms with Gasteiger partial charge in [-0.1, -0.05) is 73.1 Å². The van der Waals surface area contributed by atoms with E-state index in [9.17, 15) is 18.0 Å². The molecular formula is C30H36ClN3O4S. The van der Waals surface area contributed by atoms with E-state index in [2.05, 4.69) is 5.32 Å². The molecular weight excluding hydrogens is 534 g/mol. The van der Waals surface area contributed by atoms with Crippen LogP contribution in [-0.2, 0) is 32.6 Å². The molecule has 0 heterocycles. The molecule has 39 heavy (non-hydrogen) atoms. The van der Waals surface area contributed by atoms with Crippen molar-refractivity contribution in [1.29, 1.82) is 0 Å². The van der Waals surface area contributed by atoms with Gasteiger partial charge in [0.15, 0.2) is 0 Å². The number of hydrogen-bond donors (Lipinski definition) is 1. The molecule has 0 saturated heterocycles. The Balaban J connectivity index is 2.05. The SMILES string of the molecule is CC[C@H](C)NC(=O)[C@@H](Cc1ccccc1)N(Cc1ccc(Cl)cc1)C(=O)CN(c1cccc(C)c1)S(C)(=O)=O. The average molecular weight is 570 g/mol. The van der Waals surface area contributed by atoms with Crippen LogP contribution in [-0.4, -0.2) is 50.0 Å². The molecule has 7 nitrogen and oxygen atoms in total. The first-order valence-electron chi connectivity index (χ1n) is 12.9. The zero-order chi connectivity index (χ0) is 28.6. The summed E-state index contributed by atoms with van der Waals surface area (Å²) in [6.07, 6.45) is 2.07. The second kappa shape index (κ2) is 13.6. The summed E-state index contributed by atoms with van der Waals surface area (Å²) in [6.45, 7) is 5.39. The molecule has 3 aromatic rings. The Hall–Kier alpha value is -3.36. The molecule has 0 spiro atoms. The number of rotatable bonds is 12. The van der Waals surface area contributed by atoms with Crippen LogP contribution in [0, 0.1) is 6.92 Å². The van der Waals surface area contributed by atoms with Crippen LogP contribution in [0.25, 0.3) is 0 Å². The molecule has 3 rings (SSSR count).